The molecule has 78 valence electrons. The van der Waals surface area contributed by atoms with Crippen molar-refractivity contribution in [2.75, 3.05) is 18.8 Å². The molecule has 0 spiro atoms. The molecule has 1 saturated heterocycles. The lowest BCUT2D eigenvalue weighted by molar-refractivity contribution is 0.174. The van der Waals surface area contributed by atoms with Crippen molar-refractivity contribution in [2.45, 2.75) is 26.3 Å². The second kappa shape index (κ2) is 4.05. The molecule has 1 fully saturated rings. The van der Waals surface area contributed by atoms with E-state index < -0.39 is 0 Å². The van der Waals surface area contributed by atoms with Crippen molar-refractivity contribution in [3.63, 3.8) is 0 Å². The van der Waals surface area contributed by atoms with Gasteiger partial charge in [-0.1, -0.05) is 6.92 Å². The fraction of sp³-hybridized carbons (Fsp3) is 0.636. The van der Waals surface area contributed by atoms with Crippen LogP contribution in [0.3, 0.4) is 0 Å². The van der Waals surface area contributed by atoms with E-state index in [1.807, 2.05) is 12.1 Å². The standard InChI is InChI=1S/C11H18N2O/c1-9-4-6-13(7-5-9)8-10-2-3-11(12)14-10/h2-3,9H,4-8,12H2,1H3. The van der Waals surface area contributed by atoms with E-state index in [9.17, 15) is 0 Å². The van der Waals surface area contributed by atoms with Crippen LogP contribution in [0.1, 0.15) is 25.5 Å². The first kappa shape index (κ1) is 9.59. The van der Waals surface area contributed by atoms with Crippen molar-refractivity contribution >= 4 is 5.88 Å². The summed E-state index contributed by atoms with van der Waals surface area (Å²) in [4.78, 5) is 2.43. The lowest BCUT2D eigenvalue weighted by Crippen LogP contribution is -2.32. The predicted molar refractivity (Wildman–Crippen MR) is 56.8 cm³/mol. The van der Waals surface area contributed by atoms with Crippen LogP contribution >= 0.6 is 0 Å². The fourth-order valence-corrected chi connectivity index (χ4v) is 1.92. The van der Waals surface area contributed by atoms with Gasteiger partial charge in [0.05, 0.1) is 6.54 Å². The lowest BCUT2D eigenvalue weighted by Gasteiger charge is -2.29. The zero-order valence-electron chi connectivity index (χ0n) is 8.70. The van der Waals surface area contributed by atoms with Crippen molar-refractivity contribution in [3.05, 3.63) is 17.9 Å². The van der Waals surface area contributed by atoms with E-state index in [1.54, 1.807) is 0 Å². The smallest absolute Gasteiger partial charge is 0.190 e. The van der Waals surface area contributed by atoms with Gasteiger partial charge in [-0.3, -0.25) is 4.90 Å². The maximum absolute atomic E-state index is 5.52. The molecule has 0 unspecified atom stereocenters. The van der Waals surface area contributed by atoms with E-state index in [4.69, 9.17) is 10.2 Å². The Labute approximate surface area is 84.9 Å². The van der Waals surface area contributed by atoms with Gasteiger partial charge in [-0.15, -0.1) is 0 Å². The second-order valence-corrected chi connectivity index (χ2v) is 4.26. The largest absolute Gasteiger partial charge is 0.445 e. The van der Waals surface area contributed by atoms with Gasteiger partial charge in [0.1, 0.15) is 5.76 Å². The summed E-state index contributed by atoms with van der Waals surface area (Å²) in [5.41, 5.74) is 5.52. The Morgan fingerprint density at radius 2 is 2.14 bits per heavy atom. The summed E-state index contributed by atoms with van der Waals surface area (Å²) >= 11 is 0. The van der Waals surface area contributed by atoms with Gasteiger partial charge in [-0.25, -0.2) is 0 Å². The van der Waals surface area contributed by atoms with Gasteiger partial charge in [-0.05, 0) is 37.9 Å². The summed E-state index contributed by atoms with van der Waals surface area (Å²) in [6, 6.07) is 3.79. The summed E-state index contributed by atoms with van der Waals surface area (Å²) in [7, 11) is 0. The van der Waals surface area contributed by atoms with E-state index in [2.05, 4.69) is 11.8 Å². The van der Waals surface area contributed by atoms with Crippen LogP contribution in [0.25, 0.3) is 0 Å². The molecule has 0 radical (unpaired) electrons. The van der Waals surface area contributed by atoms with Gasteiger partial charge in [0.25, 0.3) is 0 Å². The summed E-state index contributed by atoms with van der Waals surface area (Å²) in [6.45, 7) is 5.59. The van der Waals surface area contributed by atoms with E-state index in [-0.39, 0.29) is 0 Å². The highest BCUT2D eigenvalue weighted by molar-refractivity contribution is 5.25. The molecule has 0 aromatic carbocycles. The van der Waals surface area contributed by atoms with E-state index in [1.165, 1.54) is 25.9 Å². The Balaban J connectivity index is 1.86. The maximum atomic E-state index is 5.52. The van der Waals surface area contributed by atoms with Gasteiger partial charge in [-0.2, -0.15) is 0 Å². The molecular formula is C11H18N2O. The number of piperidine rings is 1. The number of hydrogen-bond acceptors (Lipinski definition) is 3. The molecule has 2 N–H and O–H groups in total. The molecule has 0 aliphatic carbocycles. The number of furan rings is 1. The lowest BCUT2D eigenvalue weighted by atomic mass is 9.99. The van der Waals surface area contributed by atoms with Gasteiger partial charge >= 0.3 is 0 Å². The molecule has 1 aromatic heterocycles. The molecule has 1 aliphatic rings. The van der Waals surface area contributed by atoms with Crippen molar-refractivity contribution in [3.8, 4) is 0 Å². The molecule has 0 bridgehead atoms. The highest BCUT2D eigenvalue weighted by atomic mass is 16.4. The second-order valence-electron chi connectivity index (χ2n) is 4.26. The number of hydrogen-bond donors (Lipinski definition) is 1. The van der Waals surface area contributed by atoms with Crippen LogP contribution < -0.4 is 5.73 Å². The SMILES string of the molecule is CC1CCN(Cc2ccc(N)o2)CC1. The first-order valence-corrected chi connectivity index (χ1v) is 5.30. The molecule has 14 heavy (non-hydrogen) atoms. The van der Waals surface area contributed by atoms with Crippen LogP contribution in [0, 0.1) is 5.92 Å². The summed E-state index contributed by atoms with van der Waals surface area (Å²) in [5.74, 6) is 2.38. The fourth-order valence-electron chi connectivity index (χ4n) is 1.92. The van der Waals surface area contributed by atoms with Crippen LogP contribution in [0.5, 0.6) is 0 Å². The van der Waals surface area contributed by atoms with Gasteiger partial charge in [0.2, 0.25) is 0 Å². The Hall–Kier alpha value is -0.960. The highest BCUT2D eigenvalue weighted by Crippen LogP contribution is 2.19. The molecule has 1 aromatic rings. The molecule has 2 heterocycles. The summed E-state index contributed by atoms with van der Waals surface area (Å²) < 4.78 is 5.35. The monoisotopic (exact) mass is 194 g/mol. The van der Waals surface area contributed by atoms with Gasteiger partial charge < -0.3 is 10.2 Å². The number of rotatable bonds is 2. The Morgan fingerprint density at radius 3 is 2.71 bits per heavy atom. The zero-order chi connectivity index (χ0) is 9.97. The molecule has 3 heteroatoms. The molecular weight excluding hydrogens is 176 g/mol. The normalized spacial score (nSPS) is 20.1. The first-order chi connectivity index (χ1) is 6.74. The topological polar surface area (TPSA) is 42.4 Å². The van der Waals surface area contributed by atoms with Crippen LogP contribution in [0.15, 0.2) is 16.5 Å². The third-order valence-electron chi connectivity index (χ3n) is 2.94. The van der Waals surface area contributed by atoms with Crippen molar-refractivity contribution < 1.29 is 4.42 Å². The third-order valence-corrected chi connectivity index (χ3v) is 2.94. The quantitative estimate of drug-likeness (QED) is 0.784. The average molecular weight is 194 g/mol. The number of nitrogen functional groups attached to an aromatic ring is 1. The molecule has 0 saturated carbocycles. The number of nitrogens with two attached hydrogens (primary N) is 1. The summed E-state index contributed by atoms with van der Waals surface area (Å²) in [6.07, 6.45) is 2.60. The van der Waals surface area contributed by atoms with Crippen LogP contribution in [0.2, 0.25) is 0 Å². The minimum atomic E-state index is 0.519. The molecule has 0 amide bonds. The van der Waals surface area contributed by atoms with Crippen LogP contribution in [0.4, 0.5) is 5.88 Å². The van der Waals surface area contributed by atoms with E-state index in [0.29, 0.717) is 5.88 Å². The predicted octanol–water partition coefficient (Wildman–Crippen LogP) is 2.09. The third kappa shape index (κ3) is 2.29. The van der Waals surface area contributed by atoms with Crippen molar-refractivity contribution in [2.24, 2.45) is 5.92 Å². The molecule has 2 rings (SSSR count). The van der Waals surface area contributed by atoms with E-state index in [0.717, 1.165) is 18.2 Å². The minimum Gasteiger partial charge on any atom is -0.445 e. The average Bonchev–Trinajstić information content (AvgIpc) is 2.56. The Kier molecular flexibility index (Phi) is 2.77. The Bertz CT molecular complexity index is 287. The molecule has 0 atom stereocenters. The number of anilines is 1. The summed E-state index contributed by atoms with van der Waals surface area (Å²) in [5, 5.41) is 0. The molecule has 1 aliphatic heterocycles. The van der Waals surface area contributed by atoms with E-state index >= 15 is 0 Å². The maximum Gasteiger partial charge on any atom is 0.190 e. The molecule has 3 nitrogen and oxygen atoms in total. The van der Waals surface area contributed by atoms with Crippen molar-refractivity contribution in [1.82, 2.24) is 4.90 Å². The highest BCUT2D eigenvalue weighted by Gasteiger charge is 2.16. The van der Waals surface area contributed by atoms with Gasteiger partial charge in [0.15, 0.2) is 5.88 Å². The number of nitrogens with zero attached hydrogens (tertiary/aromatic N) is 1. The number of likely N-dealkylation sites (tertiary alicyclic amines) is 1. The van der Waals surface area contributed by atoms with Crippen LogP contribution in [-0.2, 0) is 6.54 Å². The Morgan fingerprint density at radius 1 is 1.43 bits per heavy atom. The van der Waals surface area contributed by atoms with Crippen molar-refractivity contribution in [1.29, 1.82) is 0 Å². The van der Waals surface area contributed by atoms with Crippen LogP contribution in [-0.4, -0.2) is 18.0 Å². The first-order valence-electron chi connectivity index (χ1n) is 5.30. The minimum absolute atomic E-state index is 0.519. The van der Waals surface area contributed by atoms with Gasteiger partial charge in [0, 0.05) is 6.07 Å². The zero-order valence-corrected chi connectivity index (χ0v) is 8.70.